The minimum absolute atomic E-state index is 0.0789. The largest absolute Gasteiger partial charge is 0.495 e. The van der Waals surface area contributed by atoms with Crippen LogP contribution >= 0.6 is 11.6 Å². The van der Waals surface area contributed by atoms with Crippen molar-refractivity contribution in [2.45, 2.75) is 13.0 Å². The molecule has 0 aliphatic rings. The number of halogens is 1. The number of nitrogens with two attached hydrogens (primary N) is 2. The van der Waals surface area contributed by atoms with E-state index in [1.54, 1.807) is 7.11 Å². The number of anilines is 1. The third-order valence-corrected chi connectivity index (χ3v) is 2.75. The molecule has 4 nitrogen and oxygen atoms in total. The third kappa shape index (κ3) is 3.27. The van der Waals surface area contributed by atoms with Gasteiger partial charge in [-0.2, -0.15) is 0 Å². The summed E-state index contributed by atoms with van der Waals surface area (Å²) in [6.45, 7) is 2.96. The first-order valence-corrected chi connectivity index (χ1v) is 5.50. The molecule has 90 valence electrons. The maximum Gasteiger partial charge on any atom is 0.142 e. The molecular weight excluding hydrogens is 226 g/mol. The van der Waals surface area contributed by atoms with Gasteiger partial charge in [-0.15, -0.1) is 0 Å². The van der Waals surface area contributed by atoms with Crippen LogP contribution in [-0.2, 0) is 0 Å². The first-order valence-electron chi connectivity index (χ1n) is 5.12. The number of ether oxygens (including phenoxy) is 1. The molecule has 0 aliphatic carbocycles. The van der Waals surface area contributed by atoms with E-state index in [1.807, 2.05) is 19.1 Å². The first kappa shape index (κ1) is 13.1. The van der Waals surface area contributed by atoms with E-state index in [-0.39, 0.29) is 6.04 Å². The summed E-state index contributed by atoms with van der Waals surface area (Å²) >= 11 is 6.04. The van der Waals surface area contributed by atoms with Crippen LogP contribution in [-0.4, -0.2) is 26.2 Å². The van der Waals surface area contributed by atoms with E-state index in [0.29, 0.717) is 18.1 Å². The van der Waals surface area contributed by atoms with Gasteiger partial charge in [0.2, 0.25) is 0 Å². The van der Waals surface area contributed by atoms with Gasteiger partial charge in [-0.3, -0.25) is 0 Å². The van der Waals surface area contributed by atoms with Crippen molar-refractivity contribution < 1.29 is 4.74 Å². The minimum Gasteiger partial charge on any atom is -0.495 e. The summed E-state index contributed by atoms with van der Waals surface area (Å²) < 4.78 is 5.25. The first-order chi connectivity index (χ1) is 7.58. The standard InChI is InChI=1S/C11H18ClN3O/c1-7-3-11(16-2)10(4-9(7)12)15-6-8(14)5-13/h3-4,8,15H,5-6,13-14H2,1-2H3. The Morgan fingerprint density at radius 1 is 1.50 bits per heavy atom. The van der Waals surface area contributed by atoms with Crippen molar-refractivity contribution in [2.24, 2.45) is 11.5 Å². The lowest BCUT2D eigenvalue weighted by atomic mass is 10.2. The molecule has 5 heteroatoms. The number of rotatable bonds is 5. The van der Waals surface area contributed by atoms with Crippen molar-refractivity contribution in [3.63, 3.8) is 0 Å². The maximum atomic E-state index is 6.04. The fourth-order valence-corrected chi connectivity index (χ4v) is 1.45. The van der Waals surface area contributed by atoms with Crippen molar-refractivity contribution in [1.29, 1.82) is 0 Å². The van der Waals surface area contributed by atoms with Crippen molar-refractivity contribution >= 4 is 17.3 Å². The lowest BCUT2D eigenvalue weighted by Gasteiger charge is -2.15. The van der Waals surface area contributed by atoms with Gasteiger partial charge in [0.1, 0.15) is 5.75 Å². The molecule has 0 heterocycles. The predicted octanol–water partition coefficient (Wildman–Crippen LogP) is 1.35. The van der Waals surface area contributed by atoms with E-state index in [2.05, 4.69) is 5.32 Å². The van der Waals surface area contributed by atoms with Gasteiger partial charge in [-0.1, -0.05) is 11.6 Å². The molecule has 1 unspecified atom stereocenters. The Morgan fingerprint density at radius 2 is 2.19 bits per heavy atom. The highest BCUT2D eigenvalue weighted by Gasteiger charge is 2.07. The van der Waals surface area contributed by atoms with Crippen LogP contribution in [0, 0.1) is 6.92 Å². The summed E-state index contributed by atoms with van der Waals surface area (Å²) in [4.78, 5) is 0. The molecule has 0 saturated heterocycles. The van der Waals surface area contributed by atoms with Crippen LogP contribution in [0.25, 0.3) is 0 Å². The molecule has 1 rings (SSSR count). The molecule has 1 aromatic carbocycles. The zero-order valence-corrected chi connectivity index (χ0v) is 10.3. The Bertz CT molecular complexity index is 357. The molecule has 5 N–H and O–H groups in total. The second-order valence-corrected chi connectivity index (χ2v) is 4.09. The average Bonchev–Trinajstić information content (AvgIpc) is 2.29. The van der Waals surface area contributed by atoms with Gasteiger partial charge in [-0.05, 0) is 24.6 Å². The highest BCUT2D eigenvalue weighted by molar-refractivity contribution is 6.31. The van der Waals surface area contributed by atoms with Gasteiger partial charge >= 0.3 is 0 Å². The molecule has 1 atom stereocenters. The maximum absolute atomic E-state index is 6.04. The van der Waals surface area contributed by atoms with Gasteiger partial charge in [0.15, 0.2) is 0 Å². The van der Waals surface area contributed by atoms with E-state index in [0.717, 1.165) is 17.0 Å². The molecule has 0 aliphatic heterocycles. The topological polar surface area (TPSA) is 73.3 Å². The Morgan fingerprint density at radius 3 is 2.75 bits per heavy atom. The smallest absolute Gasteiger partial charge is 0.142 e. The molecule has 16 heavy (non-hydrogen) atoms. The summed E-state index contributed by atoms with van der Waals surface area (Å²) in [6, 6.07) is 3.64. The second kappa shape index (κ2) is 5.94. The number of aryl methyl sites for hydroxylation is 1. The highest BCUT2D eigenvalue weighted by atomic mass is 35.5. The van der Waals surface area contributed by atoms with Crippen LogP contribution in [0.4, 0.5) is 5.69 Å². The summed E-state index contributed by atoms with van der Waals surface area (Å²) in [5, 5.41) is 3.87. The number of methoxy groups -OCH3 is 1. The van der Waals surface area contributed by atoms with Gasteiger partial charge in [0.25, 0.3) is 0 Å². The molecule has 0 radical (unpaired) electrons. The normalized spacial score (nSPS) is 12.3. The quantitative estimate of drug-likeness (QED) is 0.730. The number of nitrogens with one attached hydrogen (secondary N) is 1. The van der Waals surface area contributed by atoms with E-state index in [4.69, 9.17) is 27.8 Å². The van der Waals surface area contributed by atoms with E-state index < -0.39 is 0 Å². The van der Waals surface area contributed by atoms with Gasteiger partial charge < -0.3 is 21.5 Å². The van der Waals surface area contributed by atoms with Gasteiger partial charge in [-0.25, -0.2) is 0 Å². The monoisotopic (exact) mass is 243 g/mol. The van der Waals surface area contributed by atoms with Crippen LogP contribution in [0.5, 0.6) is 5.75 Å². The number of hydrogen-bond donors (Lipinski definition) is 3. The Balaban J connectivity index is 2.81. The molecule has 0 saturated carbocycles. The lowest BCUT2D eigenvalue weighted by Crippen LogP contribution is -2.36. The Hall–Kier alpha value is -0.970. The van der Waals surface area contributed by atoms with Gasteiger partial charge in [0.05, 0.1) is 12.8 Å². The van der Waals surface area contributed by atoms with Crippen molar-refractivity contribution in [2.75, 3.05) is 25.5 Å². The van der Waals surface area contributed by atoms with Crippen LogP contribution < -0.4 is 21.5 Å². The Kier molecular flexibility index (Phi) is 4.86. The molecule has 0 spiro atoms. The summed E-state index contributed by atoms with van der Waals surface area (Å²) in [5.74, 6) is 0.756. The van der Waals surface area contributed by atoms with Crippen molar-refractivity contribution in [3.05, 3.63) is 22.7 Å². The van der Waals surface area contributed by atoms with Gasteiger partial charge in [0, 0.05) is 24.2 Å². The summed E-state index contributed by atoms with van der Waals surface area (Å²) in [6.07, 6.45) is 0. The molecule has 0 fully saturated rings. The highest BCUT2D eigenvalue weighted by Crippen LogP contribution is 2.30. The molecule has 0 bridgehead atoms. The van der Waals surface area contributed by atoms with E-state index in [9.17, 15) is 0 Å². The summed E-state index contributed by atoms with van der Waals surface area (Å²) in [7, 11) is 1.62. The van der Waals surface area contributed by atoms with Crippen LogP contribution in [0.1, 0.15) is 5.56 Å². The van der Waals surface area contributed by atoms with Crippen LogP contribution in [0.2, 0.25) is 5.02 Å². The van der Waals surface area contributed by atoms with E-state index in [1.165, 1.54) is 0 Å². The molecular formula is C11H18ClN3O. The SMILES string of the molecule is COc1cc(C)c(Cl)cc1NCC(N)CN. The zero-order valence-electron chi connectivity index (χ0n) is 9.59. The molecule has 0 amide bonds. The Labute approximate surface area is 101 Å². The summed E-state index contributed by atoms with van der Waals surface area (Å²) in [5.41, 5.74) is 13.0. The zero-order chi connectivity index (χ0) is 12.1. The number of benzene rings is 1. The van der Waals surface area contributed by atoms with Crippen LogP contribution in [0.3, 0.4) is 0 Å². The fraction of sp³-hybridized carbons (Fsp3) is 0.455. The predicted molar refractivity (Wildman–Crippen MR) is 68.3 cm³/mol. The third-order valence-electron chi connectivity index (χ3n) is 2.34. The number of hydrogen-bond acceptors (Lipinski definition) is 4. The fourth-order valence-electron chi connectivity index (χ4n) is 1.29. The van der Waals surface area contributed by atoms with Crippen molar-refractivity contribution in [1.82, 2.24) is 0 Å². The molecule has 0 aromatic heterocycles. The lowest BCUT2D eigenvalue weighted by molar-refractivity contribution is 0.416. The second-order valence-electron chi connectivity index (χ2n) is 3.68. The average molecular weight is 244 g/mol. The minimum atomic E-state index is -0.0789. The van der Waals surface area contributed by atoms with E-state index >= 15 is 0 Å². The molecule has 1 aromatic rings. The van der Waals surface area contributed by atoms with Crippen LogP contribution in [0.15, 0.2) is 12.1 Å². The van der Waals surface area contributed by atoms with Crippen molar-refractivity contribution in [3.8, 4) is 5.75 Å².